The van der Waals surface area contributed by atoms with Gasteiger partial charge in [0.25, 0.3) is 0 Å². The molecule has 1 amide bonds. The maximum absolute atomic E-state index is 12.4. The minimum atomic E-state index is -0.439. The molecule has 1 aromatic rings. The Morgan fingerprint density at radius 1 is 1.15 bits per heavy atom. The minimum Gasteiger partial charge on any atom is -0.340 e. The first-order valence-corrected chi connectivity index (χ1v) is 7.17. The van der Waals surface area contributed by atoms with Gasteiger partial charge in [0.15, 0.2) is 0 Å². The van der Waals surface area contributed by atoms with E-state index in [-0.39, 0.29) is 5.91 Å². The van der Waals surface area contributed by atoms with Crippen molar-refractivity contribution in [3.8, 4) is 0 Å². The maximum atomic E-state index is 12.4. The van der Waals surface area contributed by atoms with Crippen LogP contribution in [-0.2, 0) is 11.2 Å². The van der Waals surface area contributed by atoms with Crippen LogP contribution in [0.4, 0.5) is 0 Å². The van der Waals surface area contributed by atoms with E-state index in [4.69, 9.17) is 5.73 Å². The number of nitrogens with two attached hydrogens (primary N) is 1. The molecule has 0 spiro atoms. The fourth-order valence-electron chi connectivity index (χ4n) is 3.04. The number of nitrogens with zero attached hydrogens (tertiary/aromatic N) is 1. The third-order valence-electron chi connectivity index (χ3n) is 4.17. The lowest BCUT2D eigenvalue weighted by molar-refractivity contribution is -0.131. The van der Waals surface area contributed by atoms with Crippen molar-refractivity contribution in [3.05, 3.63) is 60.2 Å². The van der Waals surface area contributed by atoms with Gasteiger partial charge in [-0.3, -0.25) is 4.79 Å². The SMILES string of the molecule is NC(Cc1ccccc1)C(=O)N1CC2C=CC=CC2C1. The molecule has 0 aromatic heterocycles. The molecule has 1 aliphatic heterocycles. The van der Waals surface area contributed by atoms with Crippen molar-refractivity contribution in [1.82, 2.24) is 4.90 Å². The summed E-state index contributed by atoms with van der Waals surface area (Å²) in [6, 6.07) is 9.52. The van der Waals surface area contributed by atoms with E-state index in [1.807, 2.05) is 35.2 Å². The highest BCUT2D eigenvalue weighted by atomic mass is 16.2. The number of rotatable bonds is 3. The Morgan fingerprint density at radius 3 is 2.35 bits per heavy atom. The van der Waals surface area contributed by atoms with E-state index >= 15 is 0 Å². The predicted molar refractivity (Wildman–Crippen MR) is 80.0 cm³/mol. The Morgan fingerprint density at radius 2 is 1.75 bits per heavy atom. The second-order valence-electron chi connectivity index (χ2n) is 5.64. The summed E-state index contributed by atoms with van der Waals surface area (Å²) in [4.78, 5) is 14.4. The lowest BCUT2D eigenvalue weighted by Crippen LogP contribution is -2.44. The Labute approximate surface area is 119 Å². The van der Waals surface area contributed by atoms with Gasteiger partial charge in [0.2, 0.25) is 5.91 Å². The molecule has 0 radical (unpaired) electrons. The Bertz CT molecular complexity index is 515. The summed E-state index contributed by atoms with van der Waals surface area (Å²) < 4.78 is 0. The zero-order valence-electron chi connectivity index (χ0n) is 11.5. The molecule has 3 atom stereocenters. The summed E-state index contributed by atoms with van der Waals surface area (Å²) in [6.45, 7) is 1.60. The molecule has 1 aromatic carbocycles. The predicted octanol–water partition coefficient (Wildman–Crippen LogP) is 1.76. The molecule has 0 bridgehead atoms. The number of allylic oxidation sites excluding steroid dienone is 2. The smallest absolute Gasteiger partial charge is 0.239 e. The monoisotopic (exact) mass is 268 g/mol. The summed E-state index contributed by atoms with van der Waals surface area (Å²) >= 11 is 0. The van der Waals surface area contributed by atoms with Gasteiger partial charge in [-0.25, -0.2) is 0 Å². The summed E-state index contributed by atoms with van der Waals surface area (Å²) in [6.07, 6.45) is 9.14. The molecule has 2 N–H and O–H groups in total. The van der Waals surface area contributed by atoms with Gasteiger partial charge in [0.05, 0.1) is 6.04 Å². The summed E-state index contributed by atoms with van der Waals surface area (Å²) in [5, 5.41) is 0. The maximum Gasteiger partial charge on any atom is 0.239 e. The van der Waals surface area contributed by atoms with E-state index in [9.17, 15) is 4.79 Å². The Balaban J connectivity index is 1.62. The van der Waals surface area contributed by atoms with Crippen LogP contribution < -0.4 is 5.73 Å². The van der Waals surface area contributed by atoms with Crippen molar-refractivity contribution in [1.29, 1.82) is 0 Å². The Hall–Kier alpha value is -1.87. The van der Waals surface area contributed by atoms with Crippen LogP contribution in [0.3, 0.4) is 0 Å². The molecular formula is C17H20N2O. The van der Waals surface area contributed by atoms with Crippen LogP contribution in [-0.4, -0.2) is 29.9 Å². The van der Waals surface area contributed by atoms with Crippen molar-refractivity contribution in [2.45, 2.75) is 12.5 Å². The number of likely N-dealkylation sites (tertiary alicyclic amines) is 1. The van der Waals surface area contributed by atoms with Gasteiger partial charge in [-0.1, -0.05) is 54.6 Å². The van der Waals surface area contributed by atoms with E-state index in [1.165, 1.54) is 0 Å². The quantitative estimate of drug-likeness (QED) is 0.908. The molecule has 1 aliphatic carbocycles. The van der Waals surface area contributed by atoms with E-state index in [2.05, 4.69) is 24.3 Å². The molecule has 3 rings (SSSR count). The average Bonchev–Trinajstić information content (AvgIpc) is 2.91. The van der Waals surface area contributed by atoms with E-state index in [0.29, 0.717) is 18.3 Å². The van der Waals surface area contributed by atoms with Crippen LogP contribution in [0.5, 0.6) is 0 Å². The third kappa shape index (κ3) is 2.68. The van der Waals surface area contributed by atoms with Crippen LogP contribution in [0.25, 0.3) is 0 Å². The zero-order chi connectivity index (χ0) is 13.9. The van der Waals surface area contributed by atoms with Gasteiger partial charge in [-0.05, 0) is 12.0 Å². The number of fused-ring (bicyclic) bond motifs is 1. The lowest BCUT2D eigenvalue weighted by Gasteiger charge is -2.20. The van der Waals surface area contributed by atoms with Crippen molar-refractivity contribution in [3.63, 3.8) is 0 Å². The van der Waals surface area contributed by atoms with Gasteiger partial charge in [0, 0.05) is 24.9 Å². The molecule has 104 valence electrons. The van der Waals surface area contributed by atoms with Crippen molar-refractivity contribution < 1.29 is 4.79 Å². The number of hydrogen-bond donors (Lipinski definition) is 1. The number of hydrogen-bond acceptors (Lipinski definition) is 2. The molecule has 3 heteroatoms. The highest BCUT2D eigenvalue weighted by Crippen LogP contribution is 2.28. The number of carbonyl (C=O) groups is 1. The van der Waals surface area contributed by atoms with Gasteiger partial charge in [-0.2, -0.15) is 0 Å². The second kappa shape index (κ2) is 5.63. The largest absolute Gasteiger partial charge is 0.340 e. The van der Waals surface area contributed by atoms with Crippen LogP contribution >= 0.6 is 0 Å². The summed E-state index contributed by atoms with van der Waals surface area (Å²) in [5.74, 6) is 1.01. The van der Waals surface area contributed by atoms with Gasteiger partial charge in [-0.15, -0.1) is 0 Å². The molecule has 1 fully saturated rings. The average molecular weight is 268 g/mol. The first-order valence-electron chi connectivity index (χ1n) is 7.17. The molecule has 2 aliphatic rings. The highest BCUT2D eigenvalue weighted by molar-refractivity contribution is 5.82. The molecule has 3 nitrogen and oxygen atoms in total. The van der Waals surface area contributed by atoms with Crippen molar-refractivity contribution in [2.24, 2.45) is 17.6 Å². The fraction of sp³-hybridized carbons (Fsp3) is 0.353. The summed E-state index contributed by atoms with van der Waals surface area (Å²) in [5.41, 5.74) is 7.21. The fourth-order valence-corrected chi connectivity index (χ4v) is 3.04. The summed E-state index contributed by atoms with van der Waals surface area (Å²) in [7, 11) is 0. The standard InChI is InChI=1S/C17H20N2O/c18-16(10-13-6-2-1-3-7-13)17(20)19-11-14-8-4-5-9-15(14)12-19/h1-9,14-16H,10-12,18H2. The number of benzene rings is 1. The van der Waals surface area contributed by atoms with Crippen LogP contribution in [0.2, 0.25) is 0 Å². The highest BCUT2D eigenvalue weighted by Gasteiger charge is 2.34. The van der Waals surface area contributed by atoms with Gasteiger partial charge < -0.3 is 10.6 Å². The lowest BCUT2D eigenvalue weighted by atomic mass is 9.92. The molecule has 1 heterocycles. The van der Waals surface area contributed by atoms with E-state index < -0.39 is 6.04 Å². The van der Waals surface area contributed by atoms with Crippen molar-refractivity contribution in [2.75, 3.05) is 13.1 Å². The van der Waals surface area contributed by atoms with E-state index in [0.717, 1.165) is 18.7 Å². The van der Waals surface area contributed by atoms with Crippen LogP contribution in [0, 0.1) is 11.8 Å². The molecular weight excluding hydrogens is 248 g/mol. The molecule has 20 heavy (non-hydrogen) atoms. The topological polar surface area (TPSA) is 46.3 Å². The molecule has 0 saturated carbocycles. The second-order valence-corrected chi connectivity index (χ2v) is 5.64. The Kier molecular flexibility index (Phi) is 3.70. The zero-order valence-corrected chi connectivity index (χ0v) is 11.5. The molecule has 3 unspecified atom stereocenters. The van der Waals surface area contributed by atoms with Crippen LogP contribution in [0.15, 0.2) is 54.6 Å². The van der Waals surface area contributed by atoms with Crippen LogP contribution in [0.1, 0.15) is 5.56 Å². The van der Waals surface area contributed by atoms with Gasteiger partial charge in [0.1, 0.15) is 0 Å². The normalized spacial score (nSPS) is 25.6. The van der Waals surface area contributed by atoms with Crippen molar-refractivity contribution >= 4 is 5.91 Å². The number of amides is 1. The molecule has 1 saturated heterocycles. The van der Waals surface area contributed by atoms with E-state index in [1.54, 1.807) is 0 Å². The number of carbonyl (C=O) groups excluding carboxylic acids is 1. The van der Waals surface area contributed by atoms with Gasteiger partial charge >= 0.3 is 0 Å². The first-order chi connectivity index (χ1) is 9.74. The first kappa shape index (κ1) is 13.1. The third-order valence-corrected chi connectivity index (χ3v) is 4.17. The minimum absolute atomic E-state index is 0.0741.